The van der Waals surface area contributed by atoms with Crippen molar-refractivity contribution >= 4 is 11.6 Å². The molecule has 1 amide bonds. The van der Waals surface area contributed by atoms with Gasteiger partial charge in [0.2, 0.25) is 0 Å². The lowest BCUT2D eigenvalue weighted by Gasteiger charge is -2.29. The summed E-state index contributed by atoms with van der Waals surface area (Å²) in [6, 6.07) is 6.20. The second-order valence-electron chi connectivity index (χ2n) is 6.26. The number of non-ortho nitro benzene ring substituents is 1. The van der Waals surface area contributed by atoms with E-state index >= 15 is 0 Å². The lowest BCUT2D eigenvalue weighted by molar-refractivity contribution is -0.384. The van der Waals surface area contributed by atoms with Crippen molar-refractivity contribution in [3.8, 4) is 5.69 Å². The van der Waals surface area contributed by atoms with Gasteiger partial charge in [0.1, 0.15) is 0 Å². The average molecular weight is 344 g/mol. The Kier molecular flexibility index (Phi) is 4.75. The number of carbonyl (C=O) groups is 1. The molecule has 1 aliphatic heterocycles. The maximum Gasteiger partial charge on any atom is 0.273 e. The summed E-state index contributed by atoms with van der Waals surface area (Å²) >= 11 is 0. The first-order chi connectivity index (χ1) is 12.0. The number of nitrogens with one attached hydrogen (secondary N) is 1. The van der Waals surface area contributed by atoms with Crippen LogP contribution in [-0.4, -0.2) is 56.9 Å². The minimum absolute atomic E-state index is 0.0373. The Balaban J connectivity index is 1.78. The molecule has 1 aromatic carbocycles. The van der Waals surface area contributed by atoms with E-state index in [0.29, 0.717) is 11.4 Å². The number of aromatic nitrogens is 3. The minimum Gasteiger partial charge on any atom is -0.348 e. The second-order valence-corrected chi connectivity index (χ2v) is 6.26. The molecule has 0 bridgehead atoms. The predicted molar refractivity (Wildman–Crippen MR) is 90.7 cm³/mol. The van der Waals surface area contributed by atoms with Crippen molar-refractivity contribution in [2.45, 2.75) is 25.8 Å². The van der Waals surface area contributed by atoms with Crippen molar-refractivity contribution in [2.24, 2.45) is 0 Å². The first kappa shape index (κ1) is 17.0. The number of nitrogens with zero attached hydrogens (tertiary/aromatic N) is 5. The van der Waals surface area contributed by atoms with E-state index in [1.165, 1.54) is 16.8 Å². The van der Waals surface area contributed by atoms with E-state index in [1.54, 1.807) is 19.1 Å². The quantitative estimate of drug-likeness (QED) is 0.662. The highest BCUT2D eigenvalue weighted by Crippen LogP contribution is 2.18. The molecule has 2 heterocycles. The molecule has 3 rings (SSSR count). The highest BCUT2D eigenvalue weighted by atomic mass is 16.6. The van der Waals surface area contributed by atoms with Crippen LogP contribution in [0.15, 0.2) is 24.3 Å². The molecule has 1 aromatic heterocycles. The largest absolute Gasteiger partial charge is 0.348 e. The van der Waals surface area contributed by atoms with Gasteiger partial charge < -0.3 is 10.2 Å². The Morgan fingerprint density at radius 1 is 1.36 bits per heavy atom. The van der Waals surface area contributed by atoms with Crippen molar-refractivity contribution in [3.63, 3.8) is 0 Å². The van der Waals surface area contributed by atoms with Crippen LogP contribution in [0, 0.1) is 17.0 Å². The van der Waals surface area contributed by atoms with Gasteiger partial charge in [0.05, 0.1) is 16.3 Å². The molecule has 0 saturated carbocycles. The van der Waals surface area contributed by atoms with Gasteiger partial charge in [-0.2, -0.15) is 0 Å². The van der Waals surface area contributed by atoms with Crippen molar-refractivity contribution in [1.29, 1.82) is 0 Å². The lowest BCUT2D eigenvalue weighted by Crippen LogP contribution is -2.43. The Morgan fingerprint density at radius 2 is 2.08 bits per heavy atom. The third kappa shape index (κ3) is 3.66. The third-order valence-electron chi connectivity index (χ3n) is 4.45. The Morgan fingerprint density at radius 3 is 2.76 bits per heavy atom. The number of piperidine rings is 1. The maximum absolute atomic E-state index is 12.5. The normalized spacial score (nSPS) is 15.9. The summed E-state index contributed by atoms with van der Waals surface area (Å²) in [6.45, 7) is 3.62. The molecule has 132 valence electrons. The summed E-state index contributed by atoms with van der Waals surface area (Å²) in [4.78, 5) is 25.2. The molecule has 1 N–H and O–H groups in total. The van der Waals surface area contributed by atoms with Crippen molar-refractivity contribution in [3.05, 3.63) is 45.8 Å². The van der Waals surface area contributed by atoms with E-state index < -0.39 is 4.92 Å². The van der Waals surface area contributed by atoms with Crippen LogP contribution in [-0.2, 0) is 0 Å². The van der Waals surface area contributed by atoms with Crippen LogP contribution in [0.5, 0.6) is 0 Å². The molecule has 25 heavy (non-hydrogen) atoms. The Labute approximate surface area is 144 Å². The van der Waals surface area contributed by atoms with E-state index in [1.807, 2.05) is 0 Å². The monoisotopic (exact) mass is 344 g/mol. The average Bonchev–Trinajstić information content (AvgIpc) is 2.98. The highest BCUT2D eigenvalue weighted by molar-refractivity contribution is 5.93. The van der Waals surface area contributed by atoms with Crippen molar-refractivity contribution < 1.29 is 9.72 Å². The highest BCUT2D eigenvalue weighted by Gasteiger charge is 2.23. The van der Waals surface area contributed by atoms with Crippen LogP contribution in [0.2, 0.25) is 0 Å². The van der Waals surface area contributed by atoms with Crippen LogP contribution in [0.4, 0.5) is 5.69 Å². The number of carbonyl (C=O) groups excluding carboxylic acids is 1. The molecule has 1 aliphatic rings. The number of benzene rings is 1. The Bertz CT molecular complexity index is 795. The second kappa shape index (κ2) is 6.98. The van der Waals surface area contributed by atoms with Crippen LogP contribution >= 0.6 is 0 Å². The van der Waals surface area contributed by atoms with Crippen LogP contribution in [0.3, 0.4) is 0 Å². The fraction of sp³-hybridized carbons (Fsp3) is 0.438. The summed E-state index contributed by atoms with van der Waals surface area (Å²) in [5, 5.41) is 21.9. The summed E-state index contributed by atoms with van der Waals surface area (Å²) in [5.41, 5.74) is 1.25. The van der Waals surface area contributed by atoms with E-state index in [9.17, 15) is 14.9 Å². The van der Waals surface area contributed by atoms with E-state index in [2.05, 4.69) is 27.6 Å². The number of nitro benzene ring substituents is 1. The molecule has 0 radical (unpaired) electrons. The number of amides is 1. The molecule has 9 nitrogen and oxygen atoms in total. The number of likely N-dealkylation sites (tertiary alicyclic amines) is 1. The molecular formula is C16H20N6O3. The van der Waals surface area contributed by atoms with Crippen molar-refractivity contribution in [2.75, 3.05) is 20.1 Å². The topological polar surface area (TPSA) is 106 Å². The molecular weight excluding hydrogens is 324 g/mol. The van der Waals surface area contributed by atoms with Crippen LogP contribution < -0.4 is 5.32 Å². The third-order valence-corrected chi connectivity index (χ3v) is 4.45. The van der Waals surface area contributed by atoms with E-state index in [4.69, 9.17) is 0 Å². The molecule has 2 aromatic rings. The summed E-state index contributed by atoms with van der Waals surface area (Å²) < 4.78 is 1.44. The van der Waals surface area contributed by atoms with Gasteiger partial charge in [0.15, 0.2) is 5.69 Å². The fourth-order valence-electron chi connectivity index (χ4n) is 2.93. The van der Waals surface area contributed by atoms with Gasteiger partial charge in [-0.1, -0.05) is 11.3 Å². The fourth-order valence-corrected chi connectivity index (χ4v) is 2.93. The zero-order chi connectivity index (χ0) is 18.0. The van der Waals surface area contributed by atoms with E-state index in [-0.39, 0.29) is 23.3 Å². The van der Waals surface area contributed by atoms with Gasteiger partial charge >= 0.3 is 0 Å². The van der Waals surface area contributed by atoms with Gasteiger partial charge in [-0.3, -0.25) is 14.9 Å². The van der Waals surface area contributed by atoms with Gasteiger partial charge in [-0.15, -0.1) is 5.10 Å². The predicted octanol–water partition coefficient (Wildman–Crippen LogP) is 1.31. The SMILES string of the molecule is Cc1c(C(=O)NC2CCN(C)CC2)nnn1-c1cccc([N+](=O)[O-])c1. The standard InChI is InChI=1S/C16H20N6O3/c1-11-15(16(23)17-12-6-8-20(2)9-7-12)18-19-21(11)13-4-3-5-14(10-13)22(24)25/h3-5,10,12H,6-9H2,1-2H3,(H,17,23). The molecule has 0 atom stereocenters. The molecule has 1 fully saturated rings. The molecule has 0 spiro atoms. The molecule has 9 heteroatoms. The minimum atomic E-state index is -0.469. The number of nitro groups is 1. The number of hydrogen-bond acceptors (Lipinski definition) is 6. The van der Waals surface area contributed by atoms with Gasteiger partial charge in [0.25, 0.3) is 11.6 Å². The number of rotatable bonds is 4. The van der Waals surface area contributed by atoms with Crippen LogP contribution in [0.1, 0.15) is 29.0 Å². The van der Waals surface area contributed by atoms with Crippen molar-refractivity contribution in [1.82, 2.24) is 25.2 Å². The first-order valence-electron chi connectivity index (χ1n) is 8.12. The first-order valence-corrected chi connectivity index (χ1v) is 8.12. The summed E-state index contributed by atoms with van der Waals surface area (Å²) in [5.74, 6) is -0.260. The maximum atomic E-state index is 12.5. The Hall–Kier alpha value is -2.81. The van der Waals surface area contributed by atoms with E-state index in [0.717, 1.165) is 25.9 Å². The summed E-state index contributed by atoms with van der Waals surface area (Å²) in [6.07, 6.45) is 1.81. The zero-order valence-corrected chi connectivity index (χ0v) is 14.2. The molecule has 0 unspecified atom stereocenters. The zero-order valence-electron chi connectivity index (χ0n) is 14.2. The number of hydrogen-bond donors (Lipinski definition) is 1. The summed E-state index contributed by atoms with van der Waals surface area (Å²) in [7, 11) is 2.06. The van der Waals surface area contributed by atoms with Gasteiger partial charge in [-0.05, 0) is 46.0 Å². The van der Waals surface area contributed by atoms with Gasteiger partial charge in [-0.25, -0.2) is 4.68 Å². The molecule has 1 saturated heterocycles. The van der Waals surface area contributed by atoms with Crippen LogP contribution in [0.25, 0.3) is 5.69 Å². The lowest BCUT2D eigenvalue weighted by atomic mass is 10.1. The molecule has 0 aliphatic carbocycles. The van der Waals surface area contributed by atoms with Gasteiger partial charge in [0, 0.05) is 18.2 Å². The smallest absolute Gasteiger partial charge is 0.273 e.